The van der Waals surface area contributed by atoms with Gasteiger partial charge in [0.15, 0.2) is 0 Å². The van der Waals surface area contributed by atoms with Gasteiger partial charge >= 0.3 is 0 Å². The molecule has 0 amide bonds. The van der Waals surface area contributed by atoms with Crippen molar-refractivity contribution in [1.82, 2.24) is 0 Å². The van der Waals surface area contributed by atoms with E-state index >= 15 is 0 Å². The molecule has 82 valence electrons. The molecule has 0 spiro atoms. The first-order chi connectivity index (χ1) is 7.26. The Morgan fingerprint density at radius 3 is 2.53 bits per heavy atom. The van der Waals surface area contributed by atoms with Gasteiger partial charge in [0.25, 0.3) is 0 Å². The van der Waals surface area contributed by atoms with E-state index < -0.39 is 0 Å². The Hall–Kier alpha value is -1.35. The van der Waals surface area contributed by atoms with Gasteiger partial charge in [0.2, 0.25) is 0 Å². The fraction of sp³-hybridized carbons (Fsp3) is 0.417. The lowest BCUT2D eigenvalue weighted by molar-refractivity contribution is -0.110. The highest BCUT2D eigenvalue weighted by Gasteiger charge is 2.01. The lowest BCUT2D eigenvalue weighted by Crippen LogP contribution is -2.08. The Kier molecular flexibility index (Phi) is 4.84. The highest BCUT2D eigenvalue weighted by molar-refractivity contribution is 5.49. The lowest BCUT2D eigenvalue weighted by atomic mass is 10.2. The van der Waals surface area contributed by atoms with E-state index in [2.05, 4.69) is 0 Å². The number of methoxy groups -OCH3 is 1. The van der Waals surface area contributed by atoms with Crippen molar-refractivity contribution in [2.45, 2.75) is 26.1 Å². The smallest absolute Gasteiger partial charge is 0.122 e. The summed E-state index contributed by atoms with van der Waals surface area (Å²) in [5.74, 6) is 0.833. The topological polar surface area (TPSA) is 35.5 Å². The Morgan fingerprint density at radius 2 is 2.00 bits per heavy atom. The number of aldehydes is 1. The van der Waals surface area contributed by atoms with Crippen molar-refractivity contribution in [1.29, 1.82) is 0 Å². The number of benzene rings is 1. The molecule has 0 aliphatic rings. The molecule has 1 rings (SSSR count). The van der Waals surface area contributed by atoms with Crippen LogP contribution in [0.1, 0.15) is 18.9 Å². The molecular formula is C12H16O3. The molecule has 3 nitrogen and oxygen atoms in total. The fourth-order valence-electron chi connectivity index (χ4n) is 1.16. The van der Waals surface area contributed by atoms with Gasteiger partial charge in [-0.1, -0.05) is 12.1 Å². The molecule has 3 heteroatoms. The molecule has 1 aromatic carbocycles. The Morgan fingerprint density at radius 1 is 1.33 bits per heavy atom. The van der Waals surface area contributed by atoms with Crippen molar-refractivity contribution in [3.05, 3.63) is 29.8 Å². The summed E-state index contributed by atoms with van der Waals surface area (Å²) in [7, 11) is 1.64. The second kappa shape index (κ2) is 6.19. The van der Waals surface area contributed by atoms with Gasteiger partial charge in [0.05, 0.1) is 19.8 Å². The summed E-state index contributed by atoms with van der Waals surface area (Å²) in [4.78, 5) is 10.2. The minimum atomic E-state index is -0.0235. The van der Waals surface area contributed by atoms with Gasteiger partial charge in [-0.2, -0.15) is 0 Å². The SMILES string of the molecule is COc1ccc(COC(C)CC=O)cc1. The Labute approximate surface area is 90.0 Å². The summed E-state index contributed by atoms with van der Waals surface area (Å²) in [6, 6.07) is 7.69. The van der Waals surface area contributed by atoms with Crippen molar-refractivity contribution in [3.63, 3.8) is 0 Å². The first kappa shape index (κ1) is 11.7. The van der Waals surface area contributed by atoms with E-state index in [1.165, 1.54) is 0 Å². The van der Waals surface area contributed by atoms with Crippen LogP contribution in [0.5, 0.6) is 5.75 Å². The summed E-state index contributed by atoms with van der Waals surface area (Å²) in [5.41, 5.74) is 1.08. The minimum Gasteiger partial charge on any atom is -0.497 e. The number of ether oxygens (including phenoxy) is 2. The van der Waals surface area contributed by atoms with E-state index in [9.17, 15) is 4.79 Å². The first-order valence-electron chi connectivity index (χ1n) is 4.94. The van der Waals surface area contributed by atoms with Crippen LogP contribution in [-0.4, -0.2) is 19.5 Å². The van der Waals surface area contributed by atoms with Gasteiger partial charge in [-0.15, -0.1) is 0 Å². The van der Waals surface area contributed by atoms with Crippen LogP contribution >= 0.6 is 0 Å². The largest absolute Gasteiger partial charge is 0.497 e. The van der Waals surface area contributed by atoms with E-state index in [0.29, 0.717) is 13.0 Å². The number of hydrogen-bond acceptors (Lipinski definition) is 3. The molecule has 15 heavy (non-hydrogen) atoms. The minimum absolute atomic E-state index is 0.0235. The number of carbonyl (C=O) groups excluding carboxylic acids is 1. The normalized spacial score (nSPS) is 12.1. The molecule has 1 atom stereocenters. The van der Waals surface area contributed by atoms with Gasteiger partial charge in [0.1, 0.15) is 12.0 Å². The molecule has 0 fully saturated rings. The predicted octanol–water partition coefficient (Wildman–Crippen LogP) is 2.19. The van der Waals surface area contributed by atoms with Crippen molar-refractivity contribution < 1.29 is 14.3 Å². The number of rotatable bonds is 6. The number of carbonyl (C=O) groups is 1. The fourth-order valence-corrected chi connectivity index (χ4v) is 1.16. The molecular weight excluding hydrogens is 192 g/mol. The van der Waals surface area contributed by atoms with Crippen LogP contribution in [-0.2, 0) is 16.1 Å². The van der Waals surface area contributed by atoms with E-state index in [1.54, 1.807) is 7.11 Å². The van der Waals surface area contributed by atoms with Crippen LogP contribution in [0.15, 0.2) is 24.3 Å². The van der Waals surface area contributed by atoms with Crippen LogP contribution < -0.4 is 4.74 Å². The molecule has 0 N–H and O–H groups in total. The lowest BCUT2D eigenvalue weighted by Gasteiger charge is -2.10. The molecule has 0 saturated heterocycles. The summed E-state index contributed by atoms with van der Waals surface area (Å²) >= 11 is 0. The average Bonchev–Trinajstić information content (AvgIpc) is 2.27. The van der Waals surface area contributed by atoms with Crippen LogP contribution in [0, 0.1) is 0 Å². The maximum absolute atomic E-state index is 10.2. The standard InChI is InChI=1S/C12H16O3/c1-10(7-8-13)15-9-11-3-5-12(14-2)6-4-11/h3-6,8,10H,7,9H2,1-2H3. The zero-order valence-corrected chi connectivity index (χ0v) is 9.10. The second-order valence-corrected chi connectivity index (χ2v) is 3.37. The van der Waals surface area contributed by atoms with Gasteiger partial charge in [-0.05, 0) is 24.6 Å². The summed E-state index contributed by atoms with van der Waals surface area (Å²) in [6.45, 7) is 2.41. The molecule has 0 aliphatic heterocycles. The molecule has 0 bridgehead atoms. The third kappa shape index (κ3) is 4.13. The highest BCUT2D eigenvalue weighted by atomic mass is 16.5. The first-order valence-corrected chi connectivity index (χ1v) is 4.94. The molecule has 0 radical (unpaired) electrons. The summed E-state index contributed by atoms with van der Waals surface area (Å²) in [5, 5.41) is 0. The van der Waals surface area contributed by atoms with Crippen LogP contribution in [0.3, 0.4) is 0 Å². The summed E-state index contributed by atoms with van der Waals surface area (Å²) < 4.78 is 10.5. The highest BCUT2D eigenvalue weighted by Crippen LogP contribution is 2.12. The maximum atomic E-state index is 10.2. The predicted molar refractivity (Wildman–Crippen MR) is 57.9 cm³/mol. The van der Waals surface area contributed by atoms with Gasteiger partial charge in [-0.25, -0.2) is 0 Å². The molecule has 0 heterocycles. The van der Waals surface area contributed by atoms with Crippen molar-refractivity contribution in [3.8, 4) is 5.75 Å². The van der Waals surface area contributed by atoms with E-state index in [1.807, 2.05) is 31.2 Å². The van der Waals surface area contributed by atoms with Crippen LogP contribution in [0.4, 0.5) is 0 Å². The van der Waals surface area contributed by atoms with E-state index in [4.69, 9.17) is 9.47 Å². The molecule has 1 unspecified atom stereocenters. The van der Waals surface area contributed by atoms with Crippen molar-refractivity contribution in [2.75, 3.05) is 7.11 Å². The third-order valence-electron chi connectivity index (χ3n) is 2.12. The van der Waals surface area contributed by atoms with E-state index in [0.717, 1.165) is 17.6 Å². The summed E-state index contributed by atoms with van der Waals surface area (Å²) in [6.07, 6.45) is 1.29. The van der Waals surface area contributed by atoms with Gasteiger partial charge in [0, 0.05) is 6.42 Å². The third-order valence-corrected chi connectivity index (χ3v) is 2.12. The maximum Gasteiger partial charge on any atom is 0.122 e. The van der Waals surface area contributed by atoms with Crippen LogP contribution in [0.2, 0.25) is 0 Å². The van der Waals surface area contributed by atoms with Crippen molar-refractivity contribution >= 4 is 6.29 Å². The number of hydrogen-bond donors (Lipinski definition) is 0. The Balaban J connectivity index is 2.40. The van der Waals surface area contributed by atoms with Crippen molar-refractivity contribution in [2.24, 2.45) is 0 Å². The van der Waals surface area contributed by atoms with Crippen LogP contribution in [0.25, 0.3) is 0 Å². The second-order valence-electron chi connectivity index (χ2n) is 3.37. The Bertz CT molecular complexity index is 292. The van der Waals surface area contributed by atoms with Gasteiger partial charge < -0.3 is 14.3 Å². The monoisotopic (exact) mass is 208 g/mol. The van der Waals surface area contributed by atoms with Gasteiger partial charge in [-0.3, -0.25) is 0 Å². The molecule has 0 aromatic heterocycles. The zero-order chi connectivity index (χ0) is 11.1. The zero-order valence-electron chi connectivity index (χ0n) is 9.10. The molecule has 0 saturated carbocycles. The molecule has 1 aromatic rings. The molecule has 0 aliphatic carbocycles. The average molecular weight is 208 g/mol. The quantitative estimate of drug-likeness (QED) is 0.672. The van der Waals surface area contributed by atoms with E-state index in [-0.39, 0.29) is 6.10 Å².